The summed E-state index contributed by atoms with van der Waals surface area (Å²) in [6, 6.07) is 21.4. The number of carbonyl (C=O) groups excluding carboxylic acids is 1. The predicted molar refractivity (Wildman–Crippen MR) is 117 cm³/mol. The smallest absolute Gasteiger partial charge is 0.357 e. The van der Waals surface area contributed by atoms with Gasteiger partial charge in [0, 0.05) is 6.07 Å². The Kier molecular flexibility index (Phi) is 4.87. The molecule has 32 heavy (non-hydrogen) atoms. The number of carbonyl (C=O) groups is 1. The lowest BCUT2D eigenvalue weighted by molar-refractivity contribution is 0.0309. The Morgan fingerprint density at radius 3 is 2.62 bits per heavy atom. The molecule has 5 aromatic rings. The van der Waals surface area contributed by atoms with Crippen molar-refractivity contribution >= 4 is 16.9 Å². The maximum atomic E-state index is 13.1. The van der Waals surface area contributed by atoms with Crippen molar-refractivity contribution in [1.82, 2.24) is 19.7 Å². The van der Waals surface area contributed by atoms with Gasteiger partial charge in [0.05, 0.1) is 22.9 Å². The molecule has 8 heteroatoms. The van der Waals surface area contributed by atoms with Crippen LogP contribution in [-0.4, -0.2) is 25.7 Å². The summed E-state index contributed by atoms with van der Waals surface area (Å²) in [5.74, 6) is 0.184. The summed E-state index contributed by atoms with van der Waals surface area (Å²) in [6.07, 6.45) is 0.754. The molecule has 158 valence electrons. The topological polar surface area (TPSA) is 103 Å². The van der Waals surface area contributed by atoms with E-state index in [1.54, 1.807) is 55.7 Å². The third-order valence-electron chi connectivity index (χ3n) is 4.99. The van der Waals surface area contributed by atoms with Crippen LogP contribution in [0.2, 0.25) is 0 Å². The zero-order valence-corrected chi connectivity index (χ0v) is 17.1. The summed E-state index contributed by atoms with van der Waals surface area (Å²) >= 11 is 0. The fraction of sp³-hybridized carbons (Fsp3) is 0.0833. The largest absolute Gasteiger partial charge is 0.463 e. The second-order valence-corrected chi connectivity index (χ2v) is 7.16. The molecule has 1 atom stereocenters. The van der Waals surface area contributed by atoms with Gasteiger partial charge in [0.15, 0.2) is 23.4 Å². The van der Waals surface area contributed by atoms with Crippen LogP contribution in [0.15, 0.2) is 88.3 Å². The number of fused-ring (bicyclic) bond motifs is 1. The molecular weight excluding hydrogens is 408 g/mol. The van der Waals surface area contributed by atoms with Gasteiger partial charge in [-0.3, -0.25) is 4.79 Å². The summed E-state index contributed by atoms with van der Waals surface area (Å²) in [6.45, 7) is 1.65. The molecule has 0 saturated heterocycles. The summed E-state index contributed by atoms with van der Waals surface area (Å²) in [7, 11) is 0. The van der Waals surface area contributed by atoms with Crippen LogP contribution in [-0.2, 0) is 4.74 Å². The molecule has 0 radical (unpaired) electrons. The van der Waals surface area contributed by atoms with Crippen LogP contribution in [0, 0.1) is 0 Å². The molecule has 0 fully saturated rings. The predicted octanol–water partition coefficient (Wildman–Crippen LogP) is 4.29. The average Bonchev–Trinajstić information content (AvgIpc) is 3.50. The Bertz CT molecular complexity index is 1450. The number of nitrogens with zero attached hydrogens (tertiary/aromatic N) is 3. The molecule has 1 unspecified atom stereocenters. The Labute approximate surface area is 182 Å². The third-order valence-corrected chi connectivity index (χ3v) is 4.99. The Morgan fingerprint density at radius 2 is 1.84 bits per heavy atom. The van der Waals surface area contributed by atoms with Crippen LogP contribution in [0.25, 0.3) is 28.0 Å². The fourth-order valence-electron chi connectivity index (χ4n) is 3.41. The van der Waals surface area contributed by atoms with Crippen molar-refractivity contribution in [2.75, 3.05) is 0 Å². The van der Waals surface area contributed by atoms with Gasteiger partial charge < -0.3 is 14.1 Å². The summed E-state index contributed by atoms with van der Waals surface area (Å²) in [4.78, 5) is 32.6. The molecular formula is C24H18N4O4. The highest BCUT2D eigenvalue weighted by Crippen LogP contribution is 2.24. The Morgan fingerprint density at radius 1 is 1.06 bits per heavy atom. The summed E-state index contributed by atoms with van der Waals surface area (Å²) in [5.41, 5.74) is 1.65. The van der Waals surface area contributed by atoms with Crippen molar-refractivity contribution in [3.8, 4) is 17.1 Å². The lowest BCUT2D eigenvalue weighted by atomic mass is 10.2. The van der Waals surface area contributed by atoms with Crippen molar-refractivity contribution in [2.24, 2.45) is 0 Å². The van der Waals surface area contributed by atoms with E-state index in [0.29, 0.717) is 28.0 Å². The van der Waals surface area contributed by atoms with Crippen LogP contribution in [0.1, 0.15) is 29.3 Å². The summed E-state index contributed by atoms with van der Waals surface area (Å²) in [5, 5.41) is 5.00. The van der Waals surface area contributed by atoms with E-state index in [2.05, 4.69) is 15.1 Å². The fourth-order valence-corrected chi connectivity index (χ4v) is 3.41. The van der Waals surface area contributed by atoms with Crippen LogP contribution >= 0.6 is 0 Å². The van der Waals surface area contributed by atoms with Gasteiger partial charge in [0.2, 0.25) is 0 Å². The zero-order chi connectivity index (χ0) is 22.1. The molecule has 0 aliphatic rings. The van der Waals surface area contributed by atoms with Crippen LogP contribution in [0.5, 0.6) is 0 Å². The van der Waals surface area contributed by atoms with Crippen molar-refractivity contribution in [2.45, 2.75) is 13.0 Å². The van der Waals surface area contributed by atoms with Crippen molar-refractivity contribution in [1.29, 1.82) is 0 Å². The molecule has 3 heterocycles. The minimum atomic E-state index is -0.786. The molecule has 1 N–H and O–H groups in total. The minimum absolute atomic E-state index is 0.220. The molecule has 3 aromatic heterocycles. The molecule has 0 spiro atoms. The van der Waals surface area contributed by atoms with E-state index in [1.807, 2.05) is 30.3 Å². The van der Waals surface area contributed by atoms with E-state index in [4.69, 9.17) is 9.15 Å². The van der Waals surface area contributed by atoms with Gasteiger partial charge in [0.25, 0.3) is 5.56 Å². The van der Waals surface area contributed by atoms with Gasteiger partial charge in [-0.05, 0) is 43.3 Å². The van der Waals surface area contributed by atoms with E-state index in [-0.39, 0.29) is 17.1 Å². The highest BCUT2D eigenvalue weighted by atomic mass is 16.5. The highest BCUT2D eigenvalue weighted by Gasteiger charge is 2.23. The number of nitrogens with one attached hydrogen (secondary N) is 1. The second kappa shape index (κ2) is 7.99. The number of benzene rings is 2. The number of para-hydroxylation sites is 2. The number of furan rings is 1. The van der Waals surface area contributed by atoms with E-state index < -0.39 is 12.1 Å². The molecule has 0 aliphatic carbocycles. The molecule has 0 saturated carbocycles. The van der Waals surface area contributed by atoms with Crippen LogP contribution in [0.4, 0.5) is 0 Å². The minimum Gasteiger partial charge on any atom is -0.463 e. The van der Waals surface area contributed by atoms with Gasteiger partial charge in [-0.15, -0.1) is 0 Å². The molecule has 0 amide bonds. The molecule has 0 bridgehead atoms. The van der Waals surface area contributed by atoms with Crippen LogP contribution < -0.4 is 5.56 Å². The first-order chi connectivity index (χ1) is 15.6. The maximum Gasteiger partial charge on any atom is 0.357 e. The second-order valence-electron chi connectivity index (χ2n) is 7.16. The molecule has 8 nitrogen and oxygen atoms in total. The monoisotopic (exact) mass is 426 g/mol. The van der Waals surface area contributed by atoms with Crippen LogP contribution in [0.3, 0.4) is 0 Å². The van der Waals surface area contributed by atoms with Crippen molar-refractivity contribution < 1.29 is 13.9 Å². The number of esters is 1. The Balaban J connectivity index is 1.49. The van der Waals surface area contributed by atoms with E-state index in [1.165, 1.54) is 4.68 Å². The van der Waals surface area contributed by atoms with Gasteiger partial charge in [-0.1, -0.05) is 30.3 Å². The normalized spacial score (nSPS) is 12.0. The van der Waals surface area contributed by atoms with Crippen molar-refractivity contribution in [3.63, 3.8) is 0 Å². The average molecular weight is 426 g/mol. The molecule has 0 aliphatic heterocycles. The number of ether oxygens (including phenoxy) is 1. The zero-order valence-electron chi connectivity index (χ0n) is 17.1. The third kappa shape index (κ3) is 3.58. The first-order valence-electron chi connectivity index (χ1n) is 9.99. The first-order valence-corrected chi connectivity index (χ1v) is 9.99. The lowest BCUT2D eigenvalue weighted by Crippen LogP contribution is -2.19. The van der Waals surface area contributed by atoms with Gasteiger partial charge in [-0.25, -0.2) is 14.5 Å². The van der Waals surface area contributed by atoms with Gasteiger partial charge in [-0.2, -0.15) is 5.10 Å². The first kappa shape index (κ1) is 19.5. The van der Waals surface area contributed by atoms with Gasteiger partial charge in [0.1, 0.15) is 5.69 Å². The number of hydrogen-bond acceptors (Lipinski definition) is 6. The Hall–Kier alpha value is -4.46. The van der Waals surface area contributed by atoms with Gasteiger partial charge >= 0.3 is 5.97 Å². The summed E-state index contributed by atoms with van der Waals surface area (Å²) < 4.78 is 12.6. The quantitative estimate of drug-likeness (QED) is 0.421. The maximum absolute atomic E-state index is 13.1. The standard InChI is InChI=1S/C24H18N4O4/c1-15(22-25-18-11-6-5-10-17(18)23(29)26-22)32-24(30)20-14-19(21-12-7-13-31-21)27-28(20)16-8-3-2-4-9-16/h2-15H,1H3,(H,25,26,29). The molecule has 2 aromatic carbocycles. The highest BCUT2D eigenvalue weighted by molar-refractivity contribution is 5.89. The lowest BCUT2D eigenvalue weighted by Gasteiger charge is -2.14. The number of aromatic amines is 1. The molecule has 5 rings (SSSR count). The van der Waals surface area contributed by atoms with E-state index >= 15 is 0 Å². The van der Waals surface area contributed by atoms with Crippen molar-refractivity contribution in [3.05, 3.63) is 101 Å². The van der Waals surface area contributed by atoms with E-state index in [9.17, 15) is 9.59 Å². The number of aromatic nitrogens is 4. The number of rotatable bonds is 5. The van der Waals surface area contributed by atoms with E-state index in [0.717, 1.165) is 0 Å². The number of H-pyrrole nitrogens is 1. The number of hydrogen-bond donors (Lipinski definition) is 1. The SMILES string of the molecule is CC(OC(=O)c1cc(-c2ccco2)nn1-c1ccccc1)c1nc2ccccc2c(=O)[nH]1.